The van der Waals surface area contributed by atoms with Gasteiger partial charge in [0.15, 0.2) is 0 Å². The molecule has 0 spiro atoms. The van der Waals surface area contributed by atoms with Gasteiger partial charge in [-0.2, -0.15) is 5.10 Å². The smallest absolute Gasteiger partial charge is 0.274 e. The Morgan fingerprint density at radius 1 is 1.33 bits per heavy atom. The van der Waals surface area contributed by atoms with Crippen LogP contribution in [0.1, 0.15) is 31.3 Å². The van der Waals surface area contributed by atoms with Crippen LogP contribution in [0.5, 0.6) is 0 Å². The predicted molar refractivity (Wildman–Crippen MR) is 70.2 cm³/mol. The molecule has 100 valence electrons. The van der Waals surface area contributed by atoms with Crippen LogP contribution < -0.4 is 5.73 Å². The highest BCUT2D eigenvalue weighted by Crippen LogP contribution is 2.17. The molecule has 6 heteroatoms. The number of anilines is 1. The van der Waals surface area contributed by atoms with Crippen LogP contribution in [0.3, 0.4) is 0 Å². The van der Waals surface area contributed by atoms with Crippen LogP contribution in [0.4, 0.5) is 5.69 Å². The van der Waals surface area contributed by atoms with Gasteiger partial charge in [0.25, 0.3) is 5.91 Å². The fourth-order valence-electron chi connectivity index (χ4n) is 2.21. The molecule has 0 atom stereocenters. The lowest BCUT2D eigenvalue weighted by atomic mass is 10.0. The molecule has 0 bridgehead atoms. The zero-order valence-electron chi connectivity index (χ0n) is 11.2. The minimum absolute atomic E-state index is 0.0569. The molecule has 1 aromatic heterocycles. The third-order valence-corrected chi connectivity index (χ3v) is 3.40. The van der Waals surface area contributed by atoms with E-state index in [1.54, 1.807) is 0 Å². The Labute approximate surface area is 107 Å². The Balaban J connectivity index is 1.99. The molecule has 1 fully saturated rings. The Morgan fingerprint density at radius 3 is 2.39 bits per heavy atom. The maximum atomic E-state index is 12.2. The van der Waals surface area contributed by atoms with Gasteiger partial charge in [0.1, 0.15) is 5.69 Å². The Morgan fingerprint density at radius 2 is 1.94 bits per heavy atom. The summed E-state index contributed by atoms with van der Waals surface area (Å²) in [6.45, 7) is 9.82. The average Bonchev–Trinajstić information content (AvgIpc) is 2.73. The van der Waals surface area contributed by atoms with Gasteiger partial charge in [-0.3, -0.25) is 14.8 Å². The van der Waals surface area contributed by atoms with E-state index in [1.165, 1.54) is 6.20 Å². The first kappa shape index (κ1) is 12.9. The molecule has 2 heterocycles. The summed E-state index contributed by atoms with van der Waals surface area (Å²) in [7, 11) is 0. The molecule has 1 saturated heterocycles. The maximum Gasteiger partial charge on any atom is 0.274 e. The van der Waals surface area contributed by atoms with E-state index in [1.807, 2.05) is 4.90 Å². The van der Waals surface area contributed by atoms with Crippen LogP contribution in [-0.2, 0) is 0 Å². The maximum absolute atomic E-state index is 12.2. The van der Waals surface area contributed by atoms with Crippen LogP contribution >= 0.6 is 0 Å². The second-order valence-corrected chi connectivity index (χ2v) is 5.65. The SMILES string of the molecule is CC(C)(C)N1CCN(C(=O)c2[nH]ncc2N)CC1. The fraction of sp³-hybridized carbons (Fsp3) is 0.667. The summed E-state index contributed by atoms with van der Waals surface area (Å²) in [5.74, 6) is -0.0569. The Hall–Kier alpha value is -1.56. The van der Waals surface area contributed by atoms with Crippen LogP contribution in [0.25, 0.3) is 0 Å². The Bertz CT molecular complexity index is 426. The quantitative estimate of drug-likeness (QED) is 0.764. The lowest BCUT2D eigenvalue weighted by molar-refractivity contribution is 0.0447. The van der Waals surface area contributed by atoms with Crippen molar-refractivity contribution in [3.63, 3.8) is 0 Å². The largest absolute Gasteiger partial charge is 0.396 e. The molecule has 0 saturated carbocycles. The molecule has 1 amide bonds. The lowest BCUT2D eigenvalue weighted by Gasteiger charge is -2.42. The predicted octanol–water partition coefficient (Wildman–Crippen LogP) is 0.548. The number of carbonyl (C=O) groups is 1. The first-order valence-electron chi connectivity index (χ1n) is 6.23. The van der Waals surface area contributed by atoms with Crippen molar-refractivity contribution in [2.45, 2.75) is 26.3 Å². The molecule has 1 aromatic rings. The van der Waals surface area contributed by atoms with Crippen molar-refractivity contribution in [2.24, 2.45) is 0 Å². The number of carbonyl (C=O) groups excluding carboxylic acids is 1. The number of aromatic nitrogens is 2. The van der Waals surface area contributed by atoms with Crippen molar-refractivity contribution in [1.82, 2.24) is 20.0 Å². The highest BCUT2D eigenvalue weighted by Gasteiger charge is 2.29. The molecule has 3 N–H and O–H groups in total. The Kier molecular flexibility index (Phi) is 3.30. The van der Waals surface area contributed by atoms with Crippen LogP contribution in [-0.4, -0.2) is 57.6 Å². The van der Waals surface area contributed by atoms with Gasteiger partial charge in [0.2, 0.25) is 0 Å². The molecule has 1 aliphatic heterocycles. The van der Waals surface area contributed by atoms with E-state index >= 15 is 0 Å². The van der Waals surface area contributed by atoms with E-state index in [9.17, 15) is 4.79 Å². The van der Waals surface area contributed by atoms with E-state index in [2.05, 4.69) is 35.9 Å². The van der Waals surface area contributed by atoms with Crippen LogP contribution in [0, 0.1) is 0 Å². The summed E-state index contributed by atoms with van der Waals surface area (Å²) in [6.07, 6.45) is 1.47. The topological polar surface area (TPSA) is 78.2 Å². The number of hydrogen-bond donors (Lipinski definition) is 2. The van der Waals surface area contributed by atoms with Crippen molar-refractivity contribution in [2.75, 3.05) is 31.9 Å². The van der Waals surface area contributed by atoms with Crippen molar-refractivity contribution in [3.05, 3.63) is 11.9 Å². The normalized spacial score (nSPS) is 18.1. The third-order valence-electron chi connectivity index (χ3n) is 3.40. The van der Waals surface area contributed by atoms with Gasteiger partial charge in [-0.15, -0.1) is 0 Å². The molecule has 0 radical (unpaired) electrons. The number of hydrogen-bond acceptors (Lipinski definition) is 4. The van der Waals surface area contributed by atoms with Gasteiger partial charge in [0, 0.05) is 31.7 Å². The van der Waals surface area contributed by atoms with E-state index < -0.39 is 0 Å². The van der Waals surface area contributed by atoms with E-state index in [-0.39, 0.29) is 11.4 Å². The second kappa shape index (κ2) is 4.61. The average molecular weight is 251 g/mol. The van der Waals surface area contributed by atoms with Crippen LogP contribution in [0.2, 0.25) is 0 Å². The summed E-state index contributed by atoms with van der Waals surface area (Å²) in [5, 5.41) is 6.45. The van der Waals surface area contributed by atoms with E-state index in [0.29, 0.717) is 11.4 Å². The molecule has 0 aliphatic carbocycles. The molecular weight excluding hydrogens is 230 g/mol. The minimum atomic E-state index is -0.0569. The number of rotatable bonds is 1. The first-order chi connectivity index (χ1) is 8.39. The molecular formula is C12H21N5O. The van der Waals surface area contributed by atoms with Gasteiger partial charge in [-0.1, -0.05) is 0 Å². The van der Waals surface area contributed by atoms with Crippen molar-refractivity contribution < 1.29 is 4.79 Å². The highest BCUT2D eigenvalue weighted by molar-refractivity contribution is 5.97. The molecule has 2 rings (SSSR count). The highest BCUT2D eigenvalue weighted by atomic mass is 16.2. The van der Waals surface area contributed by atoms with Crippen molar-refractivity contribution in [1.29, 1.82) is 0 Å². The monoisotopic (exact) mass is 251 g/mol. The number of nitrogen functional groups attached to an aromatic ring is 1. The summed E-state index contributed by atoms with van der Waals surface area (Å²) < 4.78 is 0. The van der Waals surface area contributed by atoms with E-state index in [0.717, 1.165) is 26.2 Å². The number of piperazine rings is 1. The number of nitrogens with zero attached hydrogens (tertiary/aromatic N) is 3. The molecule has 6 nitrogen and oxygen atoms in total. The van der Waals surface area contributed by atoms with Crippen molar-refractivity contribution in [3.8, 4) is 0 Å². The number of amides is 1. The standard InChI is InChI=1S/C12H21N5O/c1-12(2,3)17-6-4-16(5-7-17)11(18)10-9(13)8-14-15-10/h8H,4-7,13H2,1-3H3,(H,14,15). The molecule has 18 heavy (non-hydrogen) atoms. The summed E-state index contributed by atoms with van der Waals surface area (Å²) in [5.41, 5.74) is 6.67. The molecule has 0 aromatic carbocycles. The second-order valence-electron chi connectivity index (χ2n) is 5.65. The van der Waals surface area contributed by atoms with Gasteiger partial charge >= 0.3 is 0 Å². The minimum Gasteiger partial charge on any atom is -0.396 e. The zero-order chi connectivity index (χ0) is 13.3. The molecule has 1 aliphatic rings. The number of nitrogens with two attached hydrogens (primary N) is 1. The number of aromatic amines is 1. The van der Waals surface area contributed by atoms with Crippen LogP contribution in [0.15, 0.2) is 6.20 Å². The van der Waals surface area contributed by atoms with Crippen molar-refractivity contribution >= 4 is 11.6 Å². The van der Waals surface area contributed by atoms with Gasteiger partial charge < -0.3 is 10.6 Å². The van der Waals surface area contributed by atoms with Gasteiger partial charge in [-0.25, -0.2) is 0 Å². The molecule has 0 unspecified atom stereocenters. The van der Waals surface area contributed by atoms with E-state index in [4.69, 9.17) is 5.73 Å². The zero-order valence-corrected chi connectivity index (χ0v) is 11.2. The third kappa shape index (κ3) is 2.48. The number of nitrogens with one attached hydrogen (secondary N) is 1. The van der Waals surface area contributed by atoms with Gasteiger partial charge in [0.05, 0.1) is 11.9 Å². The fourth-order valence-corrected chi connectivity index (χ4v) is 2.21. The summed E-state index contributed by atoms with van der Waals surface area (Å²) in [4.78, 5) is 16.4. The lowest BCUT2D eigenvalue weighted by Crippen LogP contribution is -2.54. The summed E-state index contributed by atoms with van der Waals surface area (Å²) >= 11 is 0. The van der Waals surface area contributed by atoms with Gasteiger partial charge in [-0.05, 0) is 20.8 Å². The summed E-state index contributed by atoms with van der Waals surface area (Å²) in [6, 6.07) is 0. The first-order valence-corrected chi connectivity index (χ1v) is 6.23. The number of H-pyrrole nitrogens is 1.